The summed E-state index contributed by atoms with van der Waals surface area (Å²) in [6.45, 7) is 9.43. The minimum absolute atomic E-state index is 0.120. The van der Waals surface area contributed by atoms with Gasteiger partial charge in [-0.05, 0) is 44.7 Å². The van der Waals surface area contributed by atoms with Gasteiger partial charge in [-0.3, -0.25) is 9.58 Å². The molecule has 2 aliphatic rings. The molecule has 0 aromatic carbocycles. The molecule has 2 aromatic rings. The highest BCUT2D eigenvalue weighted by molar-refractivity contribution is 7.92. The first kappa shape index (κ1) is 21.9. The lowest BCUT2D eigenvalue weighted by Crippen LogP contribution is -2.45. The summed E-state index contributed by atoms with van der Waals surface area (Å²) < 4.78 is 31.1. The first-order valence-corrected chi connectivity index (χ1v) is 13.4. The van der Waals surface area contributed by atoms with E-state index in [0.29, 0.717) is 6.54 Å². The maximum absolute atomic E-state index is 12.0. The molecule has 0 aliphatic carbocycles. The molecule has 2 aromatic heterocycles. The number of aromatic nitrogens is 3. The molecule has 0 unspecified atom stereocenters. The molecule has 0 amide bonds. The smallest absolute Gasteiger partial charge is 0.154 e. The van der Waals surface area contributed by atoms with Gasteiger partial charge in [0, 0.05) is 48.3 Å². The molecule has 0 atom stereocenters. The Balaban J connectivity index is 1.39. The molecule has 4 heterocycles. The molecular weight excluding hydrogens is 420 g/mol. The number of piperidine rings is 1. The van der Waals surface area contributed by atoms with Gasteiger partial charge in [0.05, 0.1) is 29.2 Å². The van der Waals surface area contributed by atoms with E-state index < -0.39 is 14.6 Å². The predicted molar refractivity (Wildman–Crippen MR) is 118 cm³/mol. The van der Waals surface area contributed by atoms with Crippen LogP contribution in [0.4, 0.5) is 0 Å². The summed E-state index contributed by atoms with van der Waals surface area (Å²) in [4.78, 5) is 5.37. The molecule has 7 nitrogen and oxygen atoms in total. The maximum Gasteiger partial charge on any atom is 0.154 e. The van der Waals surface area contributed by atoms with Gasteiger partial charge in [0.1, 0.15) is 0 Å². The second-order valence-electron chi connectivity index (χ2n) is 9.21. The average Bonchev–Trinajstić information content (AvgIpc) is 3.30. The van der Waals surface area contributed by atoms with Crippen LogP contribution >= 0.6 is 11.3 Å². The zero-order valence-corrected chi connectivity index (χ0v) is 20.0. The highest BCUT2D eigenvalue weighted by atomic mass is 32.2. The van der Waals surface area contributed by atoms with Crippen LogP contribution in [0.3, 0.4) is 0 Å². The second-order valence-corrected chi connectivity index (χ2v) is 13.1. The number of sulfone groups is 1. The lowest BCUT2D eigenvalue weighted by Gasteiger charge is -2.44. The van der Waals surface area contributed by atoms with E-state index in [1.165, 1.54) is 21.6 Å². The molecule has 4 rings (SSSR count). The van der Waals surface area contributed by atoms with Crippen LogP contribution in [0.5, 0.6) is 0 Å². The largest absolute Gasteiger partial charge is 0.370 e. The fourth-order valence-electron chi connectivity index (χ4n) is 4.36. The fourth-order valence-corrected chi connectivity index (χ4v) is 5.90. The summed E-state index contributed by atoms with van der Waals surface area (Å²) in [6.07, 6.45) is 7.26. The van der Waals surface area contributed by atoms with E-state index in [1.807, 2.05) is 17.5 Å². The summed E-state index contributed by atoms with van der Waals surface area (Å²) >= 11 is 1.96. The number of aryl methyl sites for hydroxylation is 1. The van der Waals surface area contributed by atoms with Gasteiger partial charge in [-0.1, -0.05) is 12.1 Å². The van der Waals surface area contributed by atoms with Crippen molar-refractivity contribution >= 4 is 21.2 Å². The van der Waals surface area contributed by atoms with E-state index in [1.54, 1.807) is 18.5 Å². The van der Waals surface area contributed by atoms with Gasteiger partial charge in [0.2, 0.25) is 0 Å². The van der Waals surface area contributed by atoms with E-state index in [4.69, 9.17) is 4.74 Å². The zero-order chi connectivity index (χ0) is 21.6. The van der Waals surface area contributed by atoms with Crippen molar-refractivity contribution in [2.24, 2.45) is 0 Å². The third-order valence-corrected chi connectivity index (χ3v) is 10.1. The molecule has 0 N–H and O–H groups in total. The summed E-state index contributed by atoms with van der Waals surface area (Å²) in [5.74, 6) is 0. The summed E-state index contributed by atoms with van der Waals surface area (Å²) in [6, 6.07) is 2.38. The van der Waals surface area contributed by atoms with Crippen LogP contribution in [0.25, 0.3) is 0 Å². The van der Waals surface area contributed by atoms with E-state index in [-0.39, 0.29) is 5.60 Å². The van der Waals surface area contributed by atoms with Crippen molar-refractivity contribution in [2.45, 2.75) is 69.9 Å². The van der Waals surface area contributed by atoms with Crippen LogP contribution in [0.2, 0.25) is 0 Å². The van der Waals surface area contributed by atoms with E-state index in [9.17, 15) is 8.42 Å². The summed E-state index contributed by atoms with van der Waals surface area (Å²) in [7, 11) is -3.17. The molecule has 1 saturated heterocycles. The predicted octanol–water partition coefficient (Wildman–Crippen LogP) is 2.79. The minimum atomic E-state index is -3.17. The number of rotatable bonds is 6. The van der Waals surface area contributed by atoms with Gasteiger partial charge in [0.25, 0.3) is 0 Å². The third kappa shape index (κ3) is 4.22. The zero-order valence-electron chi connectivity index (χ0n) is 18.3. The van der Waals surface area contributed by atoms with Crippen LogP contribution in [-0.2, 0) is 46.1 Å². The van der Waals surface area contributed by atoms with Gasteiger partial charge in [-0.2, -0.15) is 0 Å². The van der Waals surface area contributed by atoms with Crippen molar-refractivity contribution in [3.05, 3.63) is 33.3 Å². The highest BCUT2D eigenvalue weighted by Gasteiger charge is 2.42. The molecule has 30 heavy (non-hydrogen) atoms. The van der Waals surface area contributed by atoms with Crippen LogP contribution in [0.15, 0.2) is 12.3 Å². The molecule has 1 fully saturated rings. The van der Waals surface area contributed by atoms with Crippen molar-refractivity contribution in [3.63, 3.8) is 0 Å². The Morgan fingerprint density at radius 2 is 2.03 bits per heavy atom. The number of fused-ring (bicyclic) bond motifs is 2. The Hall–Kier alpha value is -1.29. The van der Waals surface area contributed by atoms with Gasteiger partial charge in [0.15, 0.2) is 9.84 Å². The van der Waals surface area contributed by atoms with Crippen molar-refractivity contribution < 1.29 is 13.2 Å². The number of hydrogen-bond acceptors (Lipinski definition) is 7. The normalized spacial score (nSPS) is 19.9. The quantitative estimate of drug-likeness (QED) is 0.671. The number of hydrogen-bond donors (Lipinski definition) is 0. The lowest BCUT2D eigenvalue weighted by atomic mass is 9.82. The Bertz CT molecular complexity index is 1000. The van der Waals surface area contributed by atoms with Crippen molar-refractivity contribution in [3.8, 4) is 0 Å². The van der Waals surface area contributed by atoms with E-state index >= 15 is 0 Å². The summed E-state index contributed by atoms with van der Waals surface area (Å²) in [5, 5.41) is 8.44. The number of thiophene rings is 1. The third-order valence-electron chi connectivity index (χ3n) is 6.59. The molecule has 0 saturated carbocycles. The number of nitrogens with zero attached hydrogens (tertiary/aromatic N) is 4. The van der Waals surface area contributed by atoms with Crippen LogP contribution in [-0.4, -0.2) is 59.0 Å². The molecule has 9 heteroatoms. The van der Waals surface area contributed by atoms with Gasteiger partial charge >= 0.3 is 0 Å². The van der Waals surface area contributed by atoms with Crippen LogP contribution in [0, 0.1) is 0 Å². The second kappa shape index (κ2) is 8.00. The van der Waals surface area contributed by atoms with Crippen LogP contribution < -0.4 is 0 Å². The van der Waals surface area contributed by atoms with E-state index in [0.717, 1.165) is 57.6 Å². The average molecular weight is 453 g/mol. The first-order valence-electron chi connectivity index (χ1n) is 10.7. The highest BCUT2D eigenvalue weighted by Crippen LogP contribution is 2.44. The van der Waals surface area contributed by atoms with Crippen molar-refractivity contribution in [1.82, 2.24) is 19.9 Å². The minimum Gasteiger partial charge on any atom is -0.370 e. The van der Waals surface area contributed by atoms with Gasteiger partial charge in [-0.25, -0.2) is 8.42 Å². The Labute approximate surface area is 183 Å². The Kier molecular flexibility index (Phi) is 5.85. The monoisotopic (exact) mass is 452 g/mol. The first-order chi connectivity index (χ1) is 14.1. The topological polar surface area (TPSA) is 77.3 Å². The van der Waals surface area contributed by atoms with Crippen molar-refractivity contribution in [1.29, 1.82) is 0 Å². The maximum atomic E-state index is 12.0. The molecule has 166 valence electrons. The molecule has 0 radical (unpaired) electrons. The fraction of sp³-hybridized carbons (Fsp3) is 0.714. The molecule has 0 bridgehead atoms. The SMILES string of the molecule is CCc1cc2c(s1)CCOC21CCN(Cc2cn(CC(C)(C)S(C)(=O)=O)nn2)CC1. The van der Waals surface area contributed by atoms with Gasteiger partial charge < -0.3 is 4.74 Å². The molecule has 2 aliphatic heterocycles. The Morgan fingerprint density at radius 1 is 1.30 bits per heavy atom. The Morgan fingerprint density at radius 3 is 2.70 bits per heavy atom. The van der Waals surface area contributed by atoms with Crippen LogP contribution in [0.1, 0.15) is 54.6 Å². The lowest BCUT2D eigenvalue weighted by molar-refractivity contribution is -0.0982. The van der Waals surface area contributed by atoms with Gasteiger partial charge in [-0.15, -0.1) is 16.4 Å². The van der Waals surface area contributed by atoms with Crippen molar-refractivity contribution in [2.75, 3.05) is 26.0 Å². The van der Waals surface area contributed by atoms with E-state index in [2.05, 4.69) is 28.2 Å². The molecule has 1 spiro atoms. The summed E-state index contributed by atoms with van der Waals surface area (Å²) in [5.41, 5.74) is 2.19. The standard InChI is InChI=1S/C21H32N4O3S2/c1-5-17-12-18-19(29-17)6-11-28-21(18)7-9-24(10-8-21)13-16-14-25(23-22-16)15-20(2,3)30(4,26)27/h12,14H,5-11,13,15H2,1-4H3. The number of ether oxygens (including phenoxy) is 1. The number of likely N-dealkylation sites (tertiary alicyclic amines) is 1. The molecular formula is C21H32N4O3S2.